The quantitative estimate of drug-likeness (QED) is 0.539. The lowest BCUT2D eigenvalue weighted by Gasteiger charge is -2.09. The third-order valence-electron chi connectivity index (χ3n) is 3.61. The number of nitrogens with zero attached hydrogens (tertiary/aromatic N) is 2. The largest absolute Gasteiger partial charge is 0.456 e. The Balaban J connectivity index is 1.83. The lowest BCUT2D eigenvalue weighted by atomic mass is 10.2. The van der Waals surface area contributed by atoms with Gasteiger partial charge in [-0.05, 0) is 37.4 Å². The molecule has 0 unspecified atom stereocenters. The van der Waals surface area contributed by atoms with Gasteiger partial charge in [-0.1, -0.05) is 18.2 Å². The van der Waals surface area contributed by atoms with Crippen molar-refractivity contribution < 1.29 is 9.53 Å². The van der Waals surface area contributed by atoms with Gasteiger partial charge in [0, 0.05) is 16.7 Å². The van der Waals surface area contributed by atoms with Gasteiger partial charge < -0.3 is 4.74 Å². The van der Waals surface area contributed by atoms with E-state index in [0.717, 1.165) is 10.6 Å². The third kappa shape index (κ3) is 3.19. The zero-order valence-electron chi connectivity index (χ0n) is 13.4. The number of pyridine rings is 1. The van der Waals surface area contributed by atoms with E-state index in [1.54, 1.807) is 18.2 Å². The molecule has 0 bridgehead atoms. The predicted octanol–water partition coefficient (Wildman–Crippen LogP) is 3.08. The number of carbonyl (C=O) groups is 1. The maximum absolute atomic E-state index is 12.3. The van der Waals surface area contributed by atoms with Crippen LogP contribution in [0.4, 0.5) is 0 Å². The van der Waals surface area contributed by atoms with Crippen LogP contribution in [0, 0.1) is 6.92 Å². The Hall–Kier alpha value is -2.60. The van der Waals surface area contributed by atoms with Crippen LogP contribution in [0.2, 0.25) is 0 Å². The minimum Gasteiger partial charge on any atom is -0.456 e. The normalized spacial score (nSPS) is 10.8. The topological polar surface area (TPSA) is 60.7 Å². The number of thioether (sulfide) groups is 1. The summed E-state index contributed by atoms with van der Waals surface area (Å²) in [6.45, 7) is 1.80. The van der Waals surface area contributed by atoms with Gasteiger partial charge in [0.2, 0.25) is 0 Å². The van der Waals surface area contributed by atoms with Crippen LogP contribution in [-0.2, 0) is 11.3 Å². The minimum atomic E-state index is -0.425. The zero-order valence-corrected chi connectivity index (χ0v) is 14.2. The maximum Gasteiger partial charge on any atom is 0.339 e. The number of fused-ring (bicyclic) bond motifs is 1. The smallest absolute Gasteiger partial charge is 0.339 e. The van der Waals surface area contributed by atoms with Crippen LogP contribution in [0.25, 0.3) is 5.65 Å². The molecule has 122 valence electrons. The molecule has 0 saturated carbocycles. The highest BCUT2D eigenvalue weighted by atomic mass is 32.2. The van der Waals surface area contributed by atoms with Crippen molar-refractivity contribution in [3.8, 4) is 0 Å². The van der Waals surface area contributed by atoms with Crippen LogP contribution in [0.15, 0.2) is 58.2 Å². The number of rotatable bonds is 4. The lowest BCUT2D eigenvalue weighted by Crippen LogP contribution is -2.18. The van der Waals surface area contributed by atoms with E-state index in [-0.39, 0.29) is 12.2 Å². The van der Waals surface area contributed by atoms with Crippen LogP contribution in [-0.4, -0.2) is 21.6 Å². The second-order valence-corrected chi connectivity index (χ2v) is 6.07. The predicted molar refractivity (Wildman–Crippen MR) is 93.5 cm³/mol. The zero-order chi connectivity index (χ0) is 17.1. The molecule has 0 amide bonds. The molecule has 0 fully saturated rings. The molecule has 0 N–H and O–H groups in total. The summed E-state index contributed by atoms with van der Waals surface area (Å²) in [4.78, 5) is 29.7. The first kappa shape index (κ1) is 16.3. The van der Waals surface area contributed by atoms with E-state index in [9.17, 15) is 9.59 Å². The monoisotopic (exact) mass is 340 g/mol. The number of aromatic nitrogens is 2. The Morgan fingerprint density at radius 3 is 2.79 bits per heavy atom. The summed E-state index contributed by atoms with van der Waals surface area (Å²) in [6.07, 6.45) is 1.90. The van der Waals surface area contributed by atoms with E-state index in [1.807, 2.05) is 37.4 Å². The summed E-state index contributed by atoms with van der Waals surface area (Å²) in [6, 6.07) is 14.1. The van der Waals surface area contributed by atoms with Gasteiger partial charge in [0.15, 0.2) is 0 Å². The molecule has 3 aromatic rings. The second kappa shape index (κ2) is 6.88. The van der Waals surface area contributed by atoms with Gasteiger partial charge in [-0.2, -0.15) is 0 Å². The summed E-state index contributed by atoms with van der Waals surface area (Å²) in [5.74, 6) is -0.425. The van der Waals surface area contributed by atoms with E-state index in [1.165, 1.54) is 22.2 Å². The first-order chi connectivity index (χ1) is 11.6. The SMILES string of the molecule is CSc1ccccc1C(=O)OCc1cc(=O)n2c(C)cccc2n1. The van der Waals surface area contributed by atoms with Crippen molar-refractivity contribution in [3.63, 3.8) is 0 Å². The molecule has 2 heterocycles. The van der Waals surface area contributed by atoms with E-state index in [0.29, 0.717) is 16.9 Å². The molecule has 3 rings (SSSR count). The summed E-state index contributed by atoms with van der Waals surface area (Å²) in [5.41, 5.74) is 2.10. The first-order valence-corrected chi connectivity index (χ1v) is 8.61. The Morgan fingerprint density at radius 1 is 1.21 bits per heavy atom. The standard InChI is InChI=1S/C18H16N2O3S/c1-12-6-5-9-16-19-13(10-17(21)20(12)16)11-23-18(22)14-7-3-4-8-15(14)24-2/h3-10H,11H2,1-2H3. The Labute approximate surface area is 143 Å². The molecule has 0 aliphatic carbocycles. The maximum atomic E-state index is 12.3. The van der Waals surface area contributed by atoms with Crippen molar-refractivity contribution >= 4 is 23.4 Å². The molecule has 24 heavy (non-hydrogen) atoms. The Bertz CT molecular complexity index is 966. The molecule has 6 heteroatoms. The fourth-order valence-corrected chi connectivity index (χ4v) is 3.05. The number of benzene rings is 1. The van der Waals surface area contributed by atoms with Gasteiger partial charge in [0.25, 0.3) is 5.56 Å². The van der Waals surface area contributed by atoms with Crippen molar-refractivity contribution in [2.45, 2.75) is 18.4 Å². The van der Waals surface area contributed by atoms with Gasteiger partial charge in [0.1, 0.15) is 12.3 Å². The fraction of sp³-hybridized carbons (Fsp3) is 0.167. The highest BCUT2D eigenvalue weighted by Gasteiger charge is 2.13. The van der Waals surface area contributed by atoms with E-state index in [2.05, 4.69) is 4.98 Å². The number of hydrogen-bond donors (Lipinski definition) is 0. The average Bonchev–Trinajstić information content (AvgIpc) is 2.59. The highest BCUT2D eigenvalue weighted by Crippen LogP contribution is 2.20. The average molecular weight is 340 g/mol. The molecule has 0 aliphatic heterocycles. The fourth-order valence-electron chi connectivity index (χ4n) is 2.47. The Kier molecular flexibility index (Phi) is 4.66. The first-order valence-electron chi connectivity index (χ1n) is 7.38. The molecular formula is C18H16N2O3S. The van der Waals surface area contributed by atoms with Gasteiger partial charge in [0.05, 0.1) is 11.3 Å². The van der Waals surface area contributed by atoms with Crippen LogP contribution in [0.5, 0.6) is 0 Å². The summed E-state index contributed by atoms with van der Waals surface area (Å²) in [7, 11) is 0. The van der Waals surface area contributed by atoms with Crippen LogP contribution >= 0.6 is 11.8 Å². The highest BCUT2D eigenvalue weighted by molar-refractivity contribution is 7.98. The molecule has 0 aliphatic rings. The van der Waals surface area contributed by atoms with Gasteiger partial charge >= 0.3 is 5.97 Å². The van der Waals surface area contributed by atoms with Crippen molar-refractivity contribution in [2.24, 2.45) is 0 Å². The second-order valence-electron chi connectivity index (χ2n) is 5.22. The number of ether oxygens (including phenoxy) is 1. The molecule has 0 spiro atoms. The van der Waals surface area contributed by atoms with Crippen molar-refractivity contribution in [2.75, 3.05) is 6.26 Å². The number of esters is 1. The number of hydrogen-bond acceptors (Lipinski definition) is 5. The minimum absolute atomic E-state index is 0.0404. The van der Waals surface area contributed by atoms with Crippen LogP contribution in [0.3, 0.4) is 0 Å². The van der Waals surface area contributed by atoms with E-state index in [4.69, 9.17) is 4.74 Å². The molecule has 5 nitrogen and oxygen atoms in total. The van der Waals surface area contributed by atoms with Crippen molar-refractivity contribution in [1.29, 1.82) is 0 Å². The van der Waals surface area contributed by atoms with Crippen LogP contribution < -0.4 is 5.56 Å². The van der Waals surface area contributed by atoms with Gasteiger partial charge in [-0.25, -0.2) is 9.78 Å². The van der Waals surface area contributed by atoms with Gasteiger partial charge in [-0.3, -0.25) is 9.20 Å². The Morgan fingerprint density at radius 2 is 2.00 bits per heavy atom. The molecule has 0 saturated heterocycles. The molecule has 2 aromatic heterocycles. The summed E-state index contributed by atoms with van der Waals surface area (Å²) >= 11 is 1.48. The molecule has 0 atom stereocenters. The molecule has 0 radical (unpaired) electrons. The molecule has 1 aromatic carbocycles. The van der Waals surface area contributed by atoms with Crippen LogP contribution in [0.1, 0.15) is 21.7 Å². The summed E-state index contributed by atoms with van der Waals surface area (Å²) in [5, 5.41) is 0. The van der Waals surface area contributed by atoms with Crippen molar-refractivity contribution in [1.82, 2.24) is 9.38 Å². The lowest BCUT2D eigenvalue weighted by molar-refractivity contribution is 0.0463. The van der Waals surface area contributed by atoms with E-state index >= 15 is 0 Å². The van der Waals surface area contributed by atoms with E-state index < -0.39 is 5.97 Å². The third-order valence-corrected chi connectivity index (χ3v) is 4.41. The number of carbonyl (C=O) groups excluding carboxylic acids is 1. The van der Waals surface area contributed by atoms with Gasteiger partial charge in [-0.15, -0.1) is 11.8 Å². The van der Waals surface area contributed by atoms with Crippen molar-refractivity contribution in [3.05, 3.63) is 75.8 Å². The number of aryl methyl sites for hydroxylation is 1. The summed E-state index contributed by atoms with van der Waals surface area (Å²) < 4.78 is 6.85. The molecular weight excluding hydrogens is 324 g/mol.